The molecule has 4 rings (SSSR count). The van der Waals surface area contributed by atoms with Crippen molar-refractivity contribution in [3.63, 3.8) is 0 Å². The highest BCUT2D eigenvalue weighted by molar-refractivity contribution is 5.91. The molecule has 3 N–H and O–H groups in total. The van der Waals surface area contributed by atoms with Gasteiger partial charge in [-0.3, -0.25) is 9.59 Å². The summed E-state index contributed by atoms with van der Waals surface area (Å²) in [6.45, 7) is 2.03. The zero-order chi connectivity index (χ0) is 29.0. The third-order valence-electron chi connectivity index (χ3n) is 7.25. The number of fused-ring (bicyclic) bond motifs is 1. The van der Waals surface area contributed by atoms with Crippen molar-refractivity contribution in [1.82, 2.24) is 15.6 Å². The maximum absolute atomic E-state index is 13.3. The Morgan fingerprint density at radius 3 is 2.34 bits per heavy atom. The molecule has 2 amide bonds. The van der Waals surface area contributed by atoms with Crippen LogP contribution in [0.15, 0.2) is 78.9 Å². The minimum absolute atomic E-state index is 0.166. The first-order valence-electron chi connectivity index (χ1n) is 14.3. The van der Waals surface area contributed by atoms with Gasteiger partial charge in [-0.2, -0.15) is 0 Å². The summed E-state index contributed by atoms with van der Waals surface area (Å²) < 4.78 is 5.19. The van der Waals surface area contributed by atoms with Crippen molar-refractivity contribution in [2.75, 3.05) is 13.7 Å². The molecule has 0 aliphatic carbocycles. The number of H-pyrrole nitrogens is 1. The van der Waals surface area contributed by atoms with Crippen LogP contribution in [0.5, 0.6) is 5.75 Å². The summed E-state index contributed by atoms with van der Waals surface area (Å²) >= 11 is 0. The monoisotopic (exact) mass is 553 g/mol. The minimum Gasteiger partial charge on any atom is -0.497 e. The minimum atomic E-state index is -0.644. The van der Waals surface area contributed by atoms with E-state index in [1.807, 2.05) is 54.6 Å². The Morgan fingerprint density at radius 1 is 0.878 bits per heavy atom. The van der Waals surface area contributed by atoms with Gasteiger partial charge in [0.15, 0.2) is 0 Å². The van der Waals surface area contributed by atoms with Crippen LogP contribution in [-0.4, -0.2) is 42.3 Å². The lowest BCUT2D eigenvalue weighted by Crippen LogP contribution is -2.47. The van der Waals surface area contributed by atoms with Crippen LogP contribution in [0.4, 0.5) is 0 Å². The van der Waals surface area contributed by atoms with E-state index in [-0.39, 0.29) is 24.0 Å². The molecule has 0 fully saturated rings. The largest absolute Gasteiger partial charge is 0.497 e. The number of methoxy groups -OCH3 is 1. The van der Waals surface area contributed by atoms with Gasteiger partial charge in [0.05, 0.1) is 13.5 Å². The summed E-state index contributed by atoms with van der Waals surface area (Å²) in [5.41, 5.74) is 5.20. The maximum atomic E-state index is 13.3. The summed E-state index contributed by atoms with van der Waals surface area (Å²) in [5, 5.41) is 7.15. The number of Topliss-reactive ketones (excluding diaryl/α,β-unsaturated/α-hetero) is 1. The van der Waals surface area contributed by atoms with E-state index >= 15 is 0 Å². The first-order valence-corrected chi connectivity index (χ1v) is 14.3. The second-order valence-electron chi connectivity index (χ2n) is 10.4. The van der Waals surface area contributed by atoms with Crippen molar-refractivity contribution < 1.29 is 19.1 Å². The lowest BCUT2D eigenvalue weighted by Gasteiger charge is -2.19. The molecule has 41 heavy (non-hydrogen) atoms. The van der Waals surface area contributed by atoms with E-state index in [0.717, 1.165) is 58.3 Å². The van der Waals surface area contributed by atoms with Gasteiger partial charge in [-0.25, -0.2) is 0 Å². The van der Waals surface area contributed by atoms with Crippen LogP contribution in [0, 0.1) is 0 Å². The SMILES string of the molecule is COc1ccc(CC(=O)N[C@@H](CCCCCC(C)=O)C(=O)NCCc2c(-c3ccccc3)[nH]c3ccccc23)cc1. The highest BCUT2D eigenvalue weighted by atomic mass is 16.5. The number of hydrogen-bond acceptors (Lipinski definition) is 4. The van der Waals surface area contributed by atoms with Crippen LogP contribution in [0.1, 0.15) is 50.2 Å². The van der Waals surface area contributed by atoms with Gasteiger partial charge in [0.25, 0.3) is 0 Å². The highest BCUT2D eigenvalue weighted by Gasteiger charge is 2.21. The third kappa shape index (κ3) is 8.55. The number of carbonyl (C=O) groups is 3. The van der Waals surface area contributed by atoms with E-state index in [1.165, 1.54) is 0 Å². The van der Waals surface area contributed by atoms with E-state index in [4.69, 9.17) is 4.74 Å². The Bertz CT molecular complexity index is 1440. The average molecular weight is 554 g/mol. The fourth-order valence-corrected chi connectivity index (χ4v) is 5.09. The van der Waals surface area contributed by atoms with Crippen LogP contribution in [0.25, 0.3) is 22.2 Å². The number of hydrogen-bond donors (Lipinski definition) is 3. The van der Waals surface area contributed by atoms with Gasteiger partial charge < -0.3 is 25.1 Å². The van der Waals surface area contributed by atoms with E-state index in [2.05, 4.69) is 39.9 Å². The van der Waals surface area contributed by atoms with Crippen molar-refractivity contribution >= 4 is 28.5 Å². The van der Waals surface area contributed by atoms with E-state index in [0.29, 0.717) is 25.8 Å². The Balaban J connectivity index is 1.40. The molecule has 1 atom stereocenters. The van der Waals surface area contributed by atoms with Crippen molar-refractivity contribution in [3.8, 4) is 17.0 Å². The second-order valence-corrected chi connectivity index (χ2v) is 10.4. The van der Waals surface area contributed by atoms with Gasteiger partial charge >= 0.3 is 0 Å². The van der Waals surface area contributed by atoms with Gasteiger partial charge in [0.2, 0.25) is 11.8 Å². The van der Waals surface area contributed by atoms with E-state index < -0.39 is 6.04 Å². The Kier molecular flexibility index (Phi) is 10.7. The fourth-order valence-electron chi connectivity index (χ4n) is 5.09. The number of ketones is 1. The lowest BCUT2D eigenvalue weighted by atomic mass is 10.0. The van der Waals surface area contributed by atoms with Crippen molar-refractivity contribution in [1.29, 1.82) is 0 Å². The zero-order valence-corrected chi connectivity index (χ0v) is 23.9. The topological polar surface area (TPSA) is 100 Å². The van der Waals surface area contributed by atoms with Crippen LogP contribution < -0.4 is 15.4 Å². The molecular formula is C34H39N3O4. The average Bonchev–Trinajstić information content (AvgIpc) is 3.35. The summed E-state index contributed by atoms with van der Waals surface area (Å²) in [4.78, 5) is 41.1. The van der Waals surface area contributed by atoms with E-state index in [1.54, 1.807) is 14.0 Å². The molecule has 0 unspecified atom stereocenters. The molecular weight excluding hydrogens is 514 g/mol. The molecule has 0 aliphatic heterocycles. The number of benzene rings is 3. The van der Waals surface area contributed by atoms with Crippen molar-refractivity contribution in [2.24, 2.45) is 0 Å². The van der Waals surface area contributed by atoms with E-state index in [9.17, 15) is 14.4 Å². The number of carbonyl (C=O) groups excluding carboxylic acids is 3. The van der Waals surface area contributed by atoms with Crippen LogP contribution >= 0.6 is 0 Å². The summed E-state index contributed by atoms with van der Waals surface area (Å²) in [6, 6.07) is 25.0. The third-order valence-corrected chi connectivity index (χ3v) is 7.25. The van der Waals surface area contributed by atoms with Crippen LogP contribution in [0.3, 0.4) is 0 Å². The van der Waals surface area contributed by atoms with Crippen LogP contribution in [-0.2, 0) is 27.2 Å². The molecule has 0 aliphatic rings. The summed E-state index contributed by atoms with van der Waals surface area (Å²) in [6.07, 6.45) is 4.23. The predicted molar refractivity (Wildman–Crippen MR) is 163 cm³/mol. The number of para-hydroxylation sites is 1. The molecule has 214 valence electrons. The van der Waals surface area contributed by atoms with Gasteiger partial charge in [0.1, 0.15) is 17.6 Å². The molecule has 0 radical (unpaired) electrons. The molecule has 3 aromatic carbocycles. The number of unbranched alkanes of at least 4 members (excludes halogenated alkanes) is 2. The first-order chi connectivity index (χ1) is 19.9. The quantitative estimate of drug-likeness (QED) is 0.163. The Labute approximate surface area is 241 Å². The summed E-state index contributed by atoms with van der Waals surface area (Å²) in [5.74, 6) is 0.490. The normalized spacial score (nSPS) is 11.7. The lowest BCUT2D eigenvalue weighted by molar-refractivity contribution is -0.128. The highest BCUT2D eigenvalue weighted by Crippen LogP contribution is 2.30. The van der Waals surface area contributed by atoms with Gasteiger partial charge in [0, 0.05) is 29.6 Å². The Hall–Kier alpha value is -4.39. The number of amides is 2. The Morgan fingerprint density at radius 2 is 1.61 bits per heavy atom. The molecule has 0 spiro atoms. The summed E-state index contributed by atoms with van der Waals surface area (Å²) in [7, 11) is 1.60. The van der Waals surface area contributed by atoms with Gasteiger partial charge in [-0.15, -0.1) is 0 Å². The molecule has 7 heteroatoms. The molecule has 1 heterocycles. The second kappa shape index (κ2) is 14.8. The van der Waals surface area contributed by atoms with Crippen molar-refractivity contribution in [2.45, 2.75) is 57.9 Å². The molecule has 1 aromatic heterocycles. The van der Waals surface area contributed by atoms with Crippen LogP contribution in [0.2, 0.25) is 0 Å². The number of nitrogens with one attached hydrogen (secondary N) is 3. The number of aromatic amines is 1. The number of rotatable bonds is 15. The standard InChI is InChI=1S/C34H39N3O4/c1-24(38)11-5-3-8-16-31(36-32(39)23-25-17-19-27(41-2)20-18-25)34(40)35-22-21-29-28-14-9-10-15-30(28)37-33(29)26-12-6-4-7-13-26/h4,6-7,9-10,12-15,17-20,31,37H,3,5,8,11,16,21-23H2,1-2H3,(H,35,40)(H,36,39)/t31-/m0/s1. The smallest absolute Gasteiger partial charge is 0.242 e. The number of aromatic nitrogens is 1. The van der Waals surface area contributed by atoms with Gasteiger partial charge in [-0.1, -0.05) is 73.5 Å². The molecule has 4 aromatic rings. The molecule has 0 bridgehead atoms. The first kappa shape index (κ1) is 29.6. The molecule has 0 saturated carbocycles. The number of ether oxygens (including phenoxy) is 1. The fraction of sp³-hybridized carbons (Fsp3) is 0.324. The zero-order valence-electron chi connectivity index (χ0n) is 23.9. The maximum Gasteiger partial charge on any atom is 0.242 e. The predicted octanol–water partition coefficient (Wildman–Crippen LogP) is 5.77. The van der Waals surface area contributed by atoms with Crippen molar-refractivity contribution in [3.05, 3.63) is 90.0 Å². The molecule has 0 saturated heterocycles. The molecule has 7 nitrogen and oxygen atoms in total. The van der Waals surface area contributed by atoms with Gasteiger partial charge in [-0.05, 0) is 61.1 Å².